The van der Waals surface area contributed by atoms with Gasteiger partial charge in [0.1, 0.15) is 10.8 Å². The SMILES string of the molecule is Cl.Nc1ncc(-c2ccc(-c3ccccc3Sc3cnccn3)cc2F)cn1. The first-order valence-electron chi connectivity index (χ1n) is 8.11. The van der Waals surface area contributed by atoms with Gasteiger partial charge in [-0.15, -0.1) is 12.4 Å². The van der Waals surface area contributed by atoms with Crippen LogP contribution in [0.3, 0.4) is 0 Å². The van der Waals surface area contributed by atoms with E-state index in [1.807, 2.05) is 30.3 Å². The second-order valence-corrected chi connectivity index (χ2v) is 6.73. The van der Waals surface area contributed by atoms with Gasteiger partial charge in [-0.05, 0) is 23.3 Å². The van der Waals surface area contributed by atoms with Crippen molar-refractivity contribution in [3.05, 3.63) is 79.3 Å². The molecule has 0 amide bonds. The molecule has 0 radical (unpaired) electrons. The highest BCUT2D eigenvalue weighted by molar-refractivity contribution is 7.99. The molecule has 0 unspecified atom stereocenters. The zero-order valence-electron chi connectivity index (χ0n) is 14.5. The van der Waals surface area contributed by atoms with Gasteiger partial charge in [0.25, 0.3) is 0 Å². The van der Waals surface area contributed by atoms with Crippen LogP contribution < -0.4 is 5.73 Å². The summed E-state index contributed by atoms with van der Waals surface area (Å²) in [6.07, 6.45) is 8.00. The van der Waals surface area contributed by atoms with Gasteiger partial charge in [0.15, 0.2) is 0 Å². The van der Waals surface area contributed by atoms with E-state index in [0.29, 0.717) is 11.1 Å². The Hall–Kier alpha value is -3.03. The maximum Gasteiger partial charge on any atom is 0.219 e. The number of halogens is 2. The molecule has 0 aliphatic heterocycles. The Morgan fingerprint density at radius 3 is 2.32 bits per heavy atom. The molecule has 8 heteroatoms. The lowest BCUT2D eigenvalue weighted by molar-refractivity contribution is 0.631. The fourth-order valence-corrected chi connectivity index (χ4v) is 3.53. The maximum absolute atomic E-state index is 14.8. The number of rotatable bonds is 4. The highest BCUT2D eigenvalue weighted by atomic mass is 35.5. The van der Waals surface area contributed by atoms with Crippen LogP contribution in [0, 0.1) is 5.82 Å². The first-order valence-corrected chi connectivity index (χ1v) is 8.93. The van der Waals surface area contributed by atoms with E-state index in [0.717, 1.165) is 21.0 Å². The Kier molecular flexibility index (Phi) is 6.18. The van der Waals surface area contributed by atoms with Crippen LogP contribution in [0.15, 0.2) is 83.4 Å². The number of aromatic nitrogens is 4. The molecule has 0 aliphatic carbocycles. The van der Waals surface area contributed by atoms with Crippen LogP contribution in [-0.4, -0.2) is 19.9 Å². The molecule has 0 spiro atoms. The highest BCUT2D eigenvalue weighted by Crippen LogP contribution is 2.36. The van der Waals surface area contributed by atoms with E-state index < -0.39 is 0 Å². The van der Waals surface area contributed by atoms with E-state index in [1.54, 1.807) is 24.7 Å². The summed E-state index contributed by atoms with van der Waals surface area (Å²) in [6, 6.07) is 12.9. The summed E-state index contributed by atoms with van der Waals surface area (Å²) in [7, 11) is 0. The lowest BCUT2D eigenvalue weighted by Gasteiger charge is -2.11. The van der Waals surface area contributed by atoms with Crippen LogP contribution in [0.25, 0.3) is 22.3 Å². The maximum atomic E-state index is 14.8. The number of nitrogens with two attached hydrogens (primary N) is 1. The Bertz CT molecular complexity index is 1080. The fourth-order valence-electron chi connectivity index (χ4n) is 2.64. The van der Waals surface area contributed by atoms with Crippen LogP contribution >= 0.6 is 24.2 Å². The molecule has 0 saturated carbocycles. The smallest absolute Gasteiger partial charge is 0.219 e. The largest absolute Gasteiger partial charge is 0.368 e. The summed E-state index contributed by atoms with van der Waals surface area (Å²) in [5.41, 5.74) is 8.20. The molecule has 0 atom stereocenters. The van der Waals surface area contributed by atoms with Crippen molar-refractivity contribution in [2.24, 2.45) is 0 Å². The second-order valence-electron chi connectivity index (χ2n) is 5.67. The molecule has 0 aliphatic rings. The minimum absolute atomic E-state index is 0. The van der Waals surface area contributed by atoms with Crippen LogP contribution in [0.1, 0.15) is 0 Å². The van der Waals surface area contributed by atoms with Crippen LogP contribution in [0.5, 0.6) is 0 Å². The van der Waals surface area contributed by atoms with Crippen LogP contribution in [0.4, 0.5) is 10.3 Å². The van der Waals surface area contributed by atoms with Gasteiger partial charge in [-0.2, -0.15) is 0 Å². The third-order valence-corrected chi connectivity index (χ3v) is 4.90. The predicted octanol–water partition coefficient (Wildman–Crippen LogP) is 4.89. The number of nitrogens with zero attached hydrogens (tertiary/aromatic N) is 4. The summed E-state index contributed by atoms with van der Waals surface area (Å²) in [6.45, 7) is 0. The second kappa shape index (κ2) is 8.77. The van der Waals surface area contributed by atoms with E-state index in [1.165, 1.54) is 30.2 Å². The average Bonchev–Trinajstić information content (AvgIpc) is 2.70. The van der Waals surface area contributed by atoms with Crippen molar-refractivity contribution >= 4 is 30.1 Å². The van der Waals surface area contributed by atoms with E-state index in [9.17, 15) is 4.39 Å². The van der Waals surface area contributed by atoms with E-state index >= 15 is 0 Å². The van der Waals surface area contributed by atoms with Crippen molar-refractivity contribution in [1.82, 2.24) is 19.9 Å². The van der Waals surface area contributed by atoms with Crippen molar-refractivity contribution in [3.8, 4) is 22.3 Å². The summed E-state index contributed by atoms with van der Waals surface area (Å²) in [4.78, 5) is 17.2. The van der Waals surface area contributed by atoms with E-state index in [4.69, 9.17) is 5.73 Å². The summed E-state index contributed by atoms with van der Waals surface area (Å²) in [5, 5.41) is 0.779. The van der Waals surface area contributed by atoms with Crippen LogP contribution in [-0.2, 0) is 0 Å². The molecule has 28 heavy (non-hydrogen) atoms. The minimum Gasteiger partial charge on any atom is -0.368 e. The van der Waals surface area contributed by atoms with E-state index in [-0.39, 0.29) is 24.2 Å². The molecule has 4 rings (SSSR count). The summed E-state index contributed by atoms with van der Waals surface area (Å²) < 4.78 is 14.8. The summed E-state index contributed by atoms with van der Waals surface area (Å²) >= 11 is 1.49. The number of hydrogen-bond donors (Lipinski definition) is 1. The molecule has 2 aromatic carbocycles. The van der Waals surface area contributed by atoms with Gasteiger partial charge in [-0.3, -0.25) is 4.98 Å². The Morgan fingerprint density at radius 1 is 0.821 bits per heavy atom. The van der Waals surface area contributed by atoms with Crippen molar-refractivity contribution in [1.29, 1.82) is 0 Å². The minimum atomic E-state index is -0.347. The molecule has 2 N–H and O–H groups in total. The predicted molar refractivity (Wildman–Crippen MR) is 111 cm³/mol. The van der Waals surface area contributed by atoms with Crippen molar-refractivity contribution in [2.75, 3.05) is 5.73 Å². The van der Waals surface area contributed by atoms with Crippen molar-refractivity contribution in [2.45, 2.75) is 9.92 Å². The molecule has 5 nitrogen and oxygen atoms in total. The molecule has 0 bridgehead atoms. The molecular weight excluding hydrogens is 397 g/mol. The van der Waals surface area contributed by atoms with Gasteiger partial charge in [0.05, 0.1) is 6.20 Å². The Labute approximate surface area is 171 Å². The van der Waals surface area contributed by atoms with Gasteiger partial charge in [0, 0.05) is 40.8 Å². The molecular formula is C20H15ClFN5S. The van der Waals surface area contributed by atoms with Crippen molar-refractivity contribution < 1.29 is 4.39 Å². The van der Waals surface area contributed by atoms with E-state index in [2.05, 4.69) is 19.9 Å². The molecule has 2 aromatic heterocycles. The summed E-state index contributed by atoms with van der Waals surface area (Å²) in [5.74, 6) is -0.189. The van der Waals surface area contributed by atoms with Crippen molar-refractivity contribution in [3.63, 3.8) is 0 Å². The lowest BCUT2D eigenvalue weighted by Crippen LogP contribution is -1.95. The van der Waals surface area contributed by atoms with Gasteiger partial charge >= 0.3 is 0 Å². The average molecular weight is 412 g/mol. The zero-order valence-corrected chi connectivity index (χ0v) is 16.1. The zero-order chi connectivity index (χ0) is 18.6. The Morgan fingerprint density at radius 2 is 1.61 bits per heavy atom. The quantitative estimate of drug-likeness (QED) is 0.515. The van der Waals surface area contributed by atoms with Gasteiger partial charge in [0.2, 0.25) is 5.95 Å². The monoisotopic (exact) mass is 411 g/mol. The molecule has 0 fully saturated rings. The lowest BCUT2D eigenvalue weighted by atomic mass is 10.0. The third kappa shape index (κ3) is 4.27. The normalized spacial score (nSPS) is 10.3. The fraction of sp³-hybridized carbons (Fsp3) is 0. The molecule has 4 aromatic rings. The highest BCUT2D eigenvalue weighted by Gasteiger charge is 2.12. The van der Waals surface area contributed by atoms with Crippen LogP contribution in [0.2, 0.25) is 0 Å². The Balaban J connectivity index is 0.00000225. The standard InChI is InChI=1S/C20H14FN5S.ClH/c21-17-9-13(5-6-15(17)14-10-25-20(22)26-11-14)16-3-1-2-4-18(16)27-19-12-23-7-8-24-19;/h1-12H,(H2,22,25,26);1H. The number of nitrogen functional groups attached to an aromatic ring is 1. The van der Waals surface area contributed by atoms with Gasteiger partial charge < -0.3 is 5.73 Å². The van der Waals surface area contributed by atoms with Gasteiger partial charge in [-0.25, -0.2) is 19.3 Å². The number of benzene rings is 2. The number of anilines is 1. The number of hydrogen-bond acceptors (Lipinski definition) is 6. The molecule has 140 valence electrons. The molecule has 2 heterocycles. The topological polar surface area (TPSA) is 77.6 Å². The van der Waals surface area contributed by atoms with Gasteiger partial charge in [-0.1, -0.05) is 42.1 Å². The third-order valence-electron chi connectivity index (χ3n) is 3.90. The molecule has 0 saturated heterocycles. The first-order chi connectivity index (χ1) is 13.2. The first kappa shape index (κ1) is 19.7.